The second kappa shape index (κ2) is 5.93. The van der Waals surface area contributed by atoms with Crippen molar-refractivity contribution in [3.05, 3.63) is 28.8 Å². The predicted octanol–water partition coefficient (Wildman–Crippen LogP) is 1.96. The van der Waals surface area contributed by atoms with E-state index in [1.807, 2.05) is 0 Å². The Bertz CT molecular complexity index is 511. The Balaban J connectivity index is 1.89. The van der Waals surface area contributed by atoms with Crippen LogP contribution in [0.15, 0.2) is 18.2 Å². The number of carbonyl (C=O) groups is 1. The van der Waals surface area contributed by atoms with E-state index in [4.69, 9.17) is 16.3 Å². The number of hydrogen-bond donors (Lipinski definition) is 2. The Morgan fingerprint density at radius 3 is 2.90 bits per heavy atom. The van der Waals surface area contributed by atoms with E-state index >= 15 is 0 Å². The average Bonchev–Trinajstić information content (AvgIpc) is 2.76. The van der Waals surface area contributed by atoms with Gasteiger partial charge in [0.05, 0.1) is 24.7 Å². The van der Waals surface area contributed by atoms with Gasteiger partial charge in [0.1, 0.15) is 5.75 Å². The number of methoxy groups -OCH3 is 1. The summed E-state index contributed by atoms with van der Waals surface area (Å²) in [5.41, 5.74) is 0.772. The molecule has 1 aromatic rings. The number of halogens is 3. The van der Waals surface area contributed by atoms with Gasteiger partial charge >= 0.3 is 0 Å². The maximum atomic E-state index is 13.0. The quantitative estimate of drug-likeness (QED) is 0.894. The lowest BCUT2D eigenvalue weighted by atomic mass is 10.1. The first-order valence-electron chi connectivity index (χ1n) is 6.12. The highest BCUT2D eigenvalue weighted by Gasteiger charge is 2.42. The Hall–Kier alpha value is -1.40. The van der Waals surface area contributed by atoms with Crippen molar-refractivity contribution < 1.29 is 18.3 Å². The summed E-state index contributed by atoms with van der Waals surface area (Å²) in [5, 5.41) is 5.55. The van der Waals surface area contributed by atoms with Crippen LogP contribution in [0.5, 0.6) is 5.75 Å². The minimum atomic E-state index is -2.81. The molecule has 0 aliphatic carbocycles. The Morgan fingerprint density at radius 2 is 2.35 bits per heavy atom. The number of rotatable bonds is 4. The normalized spacial score (nSPS) is 20.7. The number of benzene rings is 1. The lowest BCUT2D eigenvalue weighted by molar-refractivity contribution is -0.123. The van der Waals surface area contributed by atoms with Crippen LogP contribution in [0.3, 0.4) is 0 Å². The molecular formula is C13H15ClF2N2O2. The number of carbonyl (C=O) groups excluding carboxylic acids is 1. The maximum absolute atomic E-state index is 13.0. The average molecular weight is 305 g/mol. The first kappa shape index (κ1) is 15.0. The molecule has 1 unspecified atom stereocenters. The molecule has 2 N–H and O–H groups in total. The molecular weight excluding hydrogens is 290 g/mol. The van der Waals surface area contributed by atoms with E-state index in [0.29, 0.717) is 10.8 Å². The van der Waals surface area contributed by atoms with Gasteiger partial charge in [-0.05, 0) is 17.7 Å². The topological polar surface area (TPSA) is 50.4 Å². The number of nitrogens with one attached hydrogen (secondary N) is 2. The molecule has 7 heteroatoms. The molecule has 1 atom stereocenters. The van der Waals surface area contributed by atoms with E-state index in [1.54, 1.807) is 18.2 Å². The van der Waals surface area contributed by atoms with Crippen molar-refractivity contribution in [2.24, 2.45) is 0 Å². The van der Waals surface area contributed by atoms with Crippen molar-refractivity contribution in [3.63, 3.8) is 0 Å². The van der Waals surface area contributed by atoms with Gasteiger partial charge in [0, 0.05) is 13.0 Å². The molecule has 20 heavy (non-hydrogen) atoms. The Labute approximate surface area is 120 Å². The summed E-state index contributed by atoms with van der Waals surface area (Å²) >= 11 is 5.96. The molecule has 110 valence electrons. The standard InChI is InChI=1S/C13H15ClF2N2O2/c1-20-11-3-2-8(4-9(11)14)6-17-12(19)10-5-13(15,16)7-18-10/h2-4,10,18H,5-7H2,1H3,(H,17,19). The zero-order valence-electron chi connectivity index (χ0n) is 10.9. The van der Waals surface area contributed by atoms with Crippen LogP contribution in [0.2, 0.25) is 5.02 Å². The Kier molecular flexibility index (Phi) is 4.45. The minimum Gasteiger partial charge on any atom is -0.495 e. The van der Waals surface area contributed by atoms with Crippen molar-refractivity contribution in [2.45, 2.75) is 24.9 Å². The fourth-order valence-corrected chi connectivity index (χ4v) is 2.31. The van der Waals surface area contributed by atoms with Crippen LogP contribution in [0.4, 0.5) is 8.78 Å². The molecule has 0 aromatic heterocycles. The molecule has 1 aliphatic rings. The third-order valence-electron chi connectivity index (χ3n) is 3.11. The predicted molar refractivity (Wildman–Crippen MR) is 71.2 cm³/mol. The van der Waals surface area contributed by atoms with Crippen molar-refractivity contribution in [1.29, 1.82) is 0 Å². The summed E-state index contributed by atoms with van der Waals surface area (Å²) in [6, 6.07) is 4.25. The molecule has 0 bridgehead atoms. The largest absolute Gasteiger partial charge is 0.495 e. The SMILES string of the molecule is COc1ccc(CNC(=O)C2CC(F)(F)CN2)cc1Cl. The van der Waals surface area contributed by atoms with Gasteiger partial charge in [-0.15, -0.1) is 0 Å². The molecule has 0 saturated carbocycles. The van der Waals surface area contributed by atoms with Crippen LogP contribution >= 0.6 is 11.6 Å². The fraction of sp³-hybridized carbons (Fsp3) is 0.462. The van der Waals surface area contributed by atoms with Crippen LogP contribution in [-0.4, -0.2) is 31.5 Å². The van der Waals surface area contributed by atoms with Crippen LogP contribution in [0.25, 0.3) is 0 Å². The van der Waals surface area contributed by atoms with E-state index in [1.165, 1.54) is 7.11 Å². The van der Waals surface area contributed by atoms with Crippen molar-refractivity contribution in [2.75, 3.05) is 13.7 Å². The highest BCUT2D eigenvalue weighted by atomic mass is 35.5. The van der Waals surface area contributed by atoms with Gasteiger partial charge in [0.25, 0.3) is 5.92 Å². The molecule has 1 aromatic carbocycles. The van der Waals surface area contributed by atoms with Crippen molar-refractivity contribution >= 4 is 17.5 Å². The molecule has 1 aliphatic heterocycles. The zero-order chi connectivity index (χ0) is 14.8. The van der Waals surface area contributed by atoms with Gasteiger partial charge in [-0.3, -0.25) is 10.1 Å². The van der Waals surface area contributed by atoms with Gasteiger partial charge < -0.3 is 10.1 Å². The van der Waals surface area contributed by atoms with Gasteiger partial charge in [0.2, 0.25) is 5.91 Å². The second-order valence-corrected chi connectivity index (χ2v) is 5.09. The molecule has 2 rings (SSSR count). The molecule has 1 heterocycles. The van der Waals surface area contributed by atoms with Crippen molar-refractivity contribution in [3.8, 4) is 5.75 Å². The summed E-state index contributed by atoms with van der Waals surface area (Å²) in [4.78, 5) is 11.7. The molecule has 0 radical (unpaired) electrons. The third-order valence-corrected chi connectivity index (χ3v) is 3.40. The molecule has 0 spiro atoms. The molecule has 4 nitrogen and oxygen atoms in total. The summed E-state index contributed by atoms with van der Waals surface area (Å²) in [7, 11) is 1.51. The zero-order valence-corrected chi connectivity index (χ0v) is 11.6. The molecule has 1 fully saturated rings. The monoisotopic (exact) mass is 304 g/mol. The molecule has 1 amide bonds. The summed E-state index contributed by atoms with van der Waals surface area (Å²) in [5.74, 6) is -2.71. The highest BCUT2D eigenvalue weighted by Crippen LogP contribution is 2.26. The number of amides is 1. The summed E-state index contributed by atoms with van der Waals surface area (Å²) in [6.07, 6.45) is -0.470. The first-order valence-corrected chi connectivity index (χ1v) is 6.50. The van der Waals surface area contributed by atoms with Gasteiger partial charge in [0.15, 0.2) is 0 Å². The lowest BCUT2D eigenvalue weighted by Gasteiger charge is -2.12. The van der Waals surface area contributed by atoms with Gasteiger partial charge in [-0.2, -0.15) is 0 Å². The van der Waals surface area contributed by atoms with E-state index in [-0.39, 0.29) is 6.54 Å². The van der Waals surface area contributed by atoms with Crippen LogP contribution in [0.1, 0.15) is 12.0 Å². The fourth-order valence-electron chi connectivity index (χ4n) is 2.03. The van der Waals surface area contributed by atoms with Gasteiger partial charge in [-0.1, -0.05) is 17.7 Å². The van der Waals surface area contributed by atoms with Gasteiger partial charge in [-0.25, -0.2) is 8.78 Å². The summed E-state index contributed by atoms with van der Waals surface area (Å²) in [6.45, 7) is -0.230. The first-order chi connectivity index (χ1) is 9.41. The van der Waals surface area contributed by atoms with Crippen LogP contribution in [0, 0.1) is 0 Å². The highest BCUT2D eigenvalue weighted by molar-refractivity contribution is 6.32. The maximum Gasteiger partial charge on any atom is 0.262 e. The van der Waals surface area contributed by atoms with E-state index in [9.17, 15) is 13.6 Å². The second-order valence-electron chi connectivity index (χ2n) is 4.68. The number of alkyl halides is 2. The van der Waals surface area contributed by atoms with Crippen LogP contribution < -0.4 is 15.4 Å². The smallest absolute Gasteiger partial charge is 0.262 e. The minimum absolute atomic E-state index is 0.228. The lowest BCUT2D eigenvalue weighted by Crippen LogP contribution is -2.40. The number of ether oxygens (including phenoxy) is 1. The van der Waals surface area contributed by atoms with E-state index in [0.717, 1.165) is 5.56 Å². The van der Waals surface area contributed by atoms with E-state index < -0.39 is 30.8 Å². The Morgan fingerprint density at radius 1 is 1.60 bits per heavy atom. The third kappa shape index (κ3) is 3.58. The summed E-state index contributed by atoms with van der Waals surface area (Å²) < 4.78 is 31.0. The van der Waals surface area contributed by atoms with Crippen LogP contribution in [-0.2, 0) is 11.3 Å². The molecule has 1 saturated heterocycles. The number of hydrogen-bond acceptors (Lipinski definition) is 3. The van der Waals surface area contributed by atoms with E-state index in [2.05, 4.69) is 10.6 Å². The van der Waals surface area contributed by atoms with Crippen molar-refractivity contribution in [1.82, 2.24) is 10.6 Å².